The van der Waals surface area contributed by atoms with E-state index in [0.717, 1.165) is 20.6 Å². The van der Waals surface area contributed by atoms with Gasteiger partial charge in [0.2, 0.25) is 11.8 Å². The largest absolute Gasteiger partial charge is 0.481 e. The fourth-order valence-electron chi connectivity index (χ4n) is 10.0. The molecule has 0 spiro atoms. The van der Waals surface area contributed by atoms with Gasteiger partial charge in [0.05, 0.1) is 19.2 Å². The van der Waals surface area contributed by atoms with Crippen LogP contribution in [0.25, 0.3) is 22.3 Å². The molecule has 9 nitrogen and oxygen atoms in total. The Kier molecular flexibility index (Phi) is 42.0. The van der Waals surface area contributed by atoms with E-state index in [2.05, 4.69) is 288 Å². The molecule has 0 aliphatic carbocycles. The van der Waals surface area contributed by atoms with Gasteiger partial charge < -0.3 is 9.47 Å². The number of hydrogen-bond acceptors (Lipinski definition) is 9. The Balaban J connectivity index is 0.000000308. The molecule has 0 fully saturated rings. The van der Waals surface area contributed by atoms with Crippen molar-refractivity contribution >= 4 is 39.1 Å². The third kappa shape index (κ3) is 34.5. The van der Waals surface area contributed by atoms with Crippen molar-refractivity contribution in [2.24, 2.45) is 0 Å². The molecule has 0 N–H and O–H groups in total. The SMILES string of the molecule is CC(C)c1cccnc1.CC(C)c1cncc(Br)c1.CC(C)c1cncc(Cl)c1.COc1cc(-c2ccc(Cl)cc2)c(C(C)C)cn1.COc1cc(-c2ccccc2)c(C(C)C)cn1.Cc1cccc(C(C)C)c1.Cc1cccc(C(C)C)c1.Cc1ccncc1C(C)C.Cc1cncc(C(C)C)c1. The third-order valence-electron chi connectivity index (χ3n) is 16.5. The summed E-state index contributed by atoms with van der Waals surface area (Å²) in [4.78, 5) is 28.8. The molecule has 0 unspecified atom stereocenters. The number of rotatable bonds is 13. The molecule has 7 aromatic heterocycles. The molecule has 7 heterocycles. The zero-order valence-electron chi connectivity index (χ0n) is 66.6. The molecule has 0 bridgehead atoms. The second-order valence-corrected chi connectivity index (χ2v) is 30.2. The Labute approximate surface area is 645 Å². The van der Waals surface area contributed by atoms with Gasteiger partial charge in [0.1, 0.15) is 0 Å². The lowest BCUT2D eigenvalue weighted by molar-refractivity contribution is 0.397. The van der Waals surface area contributed by atoms with Crippen LogP contribution in [0.15, 0.2) is 230 Å². The first kappa shape index (κ1) is 89.8. The number of halogens is 3. The van der Waals surface area contributed by atoms with Crippen LogP contribution >= 0.6 is 39.1 Å². The van der Waals surface area contributed by atoms with Crippen molar-refractivity contribution in [1.29, 1.82) is 0 Å². The summed E-state index contributed by atoms with van der Waals surface area (Å²) in [6.07, 6.45) is 22.3. The van der Waals surface area contributed by atoms with Crippen LogP contribution in [0.4, 0.5) is 0 Å². The zero-order valence-corrected chi connectivity index (χ0v) is 69.7. The smallest absolute Gasteiger partial charge is 0.213 e. The summed E-state index contributed by atoms with van der Waals surface area (Å²) in [6, 6.07) is 51.8. The van der Waals surface area contributed by atoms with Gasteiger partial charge in [-0.2, -0.15) is 0 Å². The lowest BCUT2D eigenvalue weighted by Gasteiger charge is -2.13. The van der Waals surface area contributed by atoms with Crippen LogP contribution in [0.2, 0.25) is 10.0 Å². The molecule has 0 aliphatic heterocycles. The van der Waals surface area contributed by atoms with Crippen molar-refractivity contribution in [3.8, 4) is 34.0 Å². The van der Waals surface area contributed by atoms with Crippen molar-refractivity contribution in [1.82, 2.24) is 34.9 Å². The average Bonchev–Trinajstić information content (AvgIpc) is 0.821. The minimum absolute atomic E-state index is 0.411. The predicted octanol–water partition coefficient (Wildman–Crippen LogP) is 27.7. The van der Waals surface area contributed by atoms with Crippen molar-refractivity contribution < 1.29 is 9.47 Å². The molecule has 554 valence electrons. The van der Waals surface area contributed by atoms with Gasteiger partial charge in [0.25, 0.3) is 0 Å². The summed E-state index contributed by atoms with van der Waals surface area (Å²) in [5, 5.41) is 1.46. The van der Waals surface area contributed by atoms with E-state index in [-0.39, 0.29) is 0 Å². The maximum Gasteiger partial charge on any atom is 0.213 e. The van der Waals surface area contributed by atoms with Crippen molar-refractivity contribution in [2.45, 2.75) is 206 Å². The third-order valence-corrected chi connectivity index (χ3v) is 17.4. The lowest BCUT2D eigenvalue weighted by atomic mass is 9.94. The van der Waals surface area contributed by atoms with Gasteiger partial charge >= 0.3 is 0 Å². The molecule has 12 heteroatoms. The van der Waals surface area contributed by atoms with Crippen LogP contribution in [0.3, 0.4) is 0 Å². The van der Waals surface area contributed by atoms with Crippen molar-refractivity contribution in [3.63, 3.8) is 0 Å². The van der Waals surface area contributed by atoms with Gasteiger partial charge in [-0.25, -0.2) is 9.97 Å². The van der Waals surface area contributed by atoms with E-state index in [4.69, 9.17) is 32.7 Å². The van der Waals surface area contributed by atoms with Gasteiger partial charge in [-0.15, -0.1) is 0 Å². The number of benzene rings is 4. The summed E-state index contributed by atoms with van der Waals surface area (Å²) in [5.41, 5.74) is 21.7. The highest BCUT2D eigenvalue weighted by molar-refractivity contribution is 9.10. The number of methoxy groups -OCH3 is 2. The van der Waals surface area contributed by atoms with E-state index in [0.29, 0.717) is 70.0 Å². The van der Waals surface area contributed by atoms with E-state index in [9.17, 15) is 0 Å². The number of pyridine rings is 7. The highest BCUT2D eigenvalue weighted by atomic mass is 79.9. The van der Waals surface area contributed by atoms with Crippen molar-refractivity contribution in [3.05, 3.63) is 313 Å². The van der Waals surface area contributed by atoms with Gasteiger partial charge in [-0.3, -0.25) is 24.9 Å². The average molecular weight is 1500 g/mol. The molecule has 11 aromatic rings. The fraction of sp³-hybridized carbons (Fsp3) is 0.359. The Bertz CT molecular complexity index is 3870. The van der Waals surface area contributed by atoms with E-state index in [1.807, 2.05) is 123 Å². The molecule has 0 atom stereocenters. The first-order valence-electron chi connectivity index (χ1n) is 36.3. The Morgan fingerprint density at radius 3 is 1.04 bits per heavy atom. The van der Waals surface area contributed by atoms with Crippen LogP contribution in [-0.4, -0.2) is 49.1 Å². The van der Waals surface area contributed by atoms with Crippen LogP contribution in [0.1, 0.15) is 250 Å². The number of aromatic nitrogens is 7. The quantitative estimate of drug-likeness (QED) is 0.111. The van der Waals surface area contributed by atoms with Gasteiger partial charge in [0, 0.05) is 96.0 Å². The molecule has 0 saturated carbocycles. The molecule has 0 amide bonds. The Morgan fingerprint density at radius 1 is 0.298 bits per heavy atom. The van der Waals surface area contributed by atoms with Crippen LogP contribution < -0.4 is 9.47 Å². The predicted molar refractivity (Wildman–Crippen MR) is 450 cm³/mol. The molecule has 11 rings (SSSR count). The second kappa shape index (κ2) is 48.6. The number of aryl methyl sites for hydroxylation is 4. The van der Waals surface area contributed by atoms with E-state index in [1.54, 1.807) is 32.8 Å². The molecule has 104 heavy (non-hydrogen) atoms. The molecular weight excluding hydrogens is 1390 g/mol. The van der Waals surface area contributed by atoms with Gasteiger partial charge in [-0.1, -0.05) is 262 Å². The summed E-state index contributed by atoms with van der Waals surface area (Å²) >= 11 is 15.0. The minimum Gasteiger partial charge on any atom is -0.481 e. The summed E-state index contributed by atoms with van der Waals surface area (Å²) in [5.74, 6) is 6.30. The molecule has 4 aromatic carbocycles. The van der Waals surface area contributed by atoms with E-state index >= 15 is 0 Å². The highest BCUT2D eigenvalue weighted by Gasteiger charge is 2.13. The summed E-state index contributed by atoms with van der Waals surface area (Å²) < 4.78 is 11.5. The lowest BCUT2D eigenvalue weighted by Crippen LogP contribution is -1.96. The second-order valence-electron chi connectivity index (χ2n) is 28.4. The molecular formula is C92H118BrCl2N7O2. The fourth-order valence-corrected chi connectivity index (χ4v) is 10.7. The molecule has 0 aliphatic rings. The normalized spacial score (nSPS) is 10.5. The van der Waals surface area contributed by atoms with E-state index < -0.39 is 0 Å². The van der Waals surface area contributed by atoms with E-state index in [1.165, 1.54) is 83.5 Å². The number of hydrogen-bond donors (Lipinski definition) is 0. The first-order chi connectivity index (χ1) is 49.3. The number of ether oxygens (including phenoxy) is 2. The Morgan fingerprint density at radius 2 is 0.702 bits per heavy atom. The monoisotopic (exact) mass is 1500 g/mol. The first-order valence-corrected chi connectivity index (χ1v) is 37.9. The minimum atomic E-state index is 0.411. The maximum atomic E-state index is 5.92. The van der Waals surface area contributed by atoms with Gasteiger partial charge in [0.15, 0.2) is 0 Å². The van der Waals surface area contributed by atoms with Gasteiger partial charge in [-0.05, 0) is 217 Å². The van der Waals surface area contributed by atoms with Crippen LogP contribution in [0.5, 0.6) is 11.8 Å². The maximum absolute atomic E-state index is 5.92. The Hall–Kier alpha value is -8.41. The van der Waals surface area contributed by atoms with Crippen molar-refractivity contribution in [2.75, 3.05) is 14.2 Å². The molecule has 0 radical (unpaired) electrons. The van der Waals surface area contributed by atoms with Crippen LogP contribution in [0, 0.1) is 27.7 Å². The molecule has 0 saturated heterocycles. The summed E-state index contributed by atoms with van der Waals surface area (Å²) in [7, 11) is 3.27. The summed E-state index contributed by atoms with van der Waals surface area (Å²) in [6.45, 7) is 47.6. The topological polar surface area (TPSA) is 109 Å². The van der Waals surface area contributed by atoms with Crippen LogP contribution in [-0.2, 0) is 0 Å². The standard InChI is InChI=1S/C15H16ClNO.C15H17NO.2C10H14.2C9H13N.C8H10BrN.C8H10ClN.C8H11N/c1-10(2)14-9-17-15(18-3)8-13(14)11-4-6-12(16)7-5-11;1-11(2)14-10-16-15(17-3)9-13(14)12-7-5-4-6-8-12;2*1-8(2)10-6-4-5-9(3)7-10;1-7(2)9-4-8(3)5-10-6-9;1-7(2)9-6-10-5-4-8(9)3;2*1-6(2)7-3-8(9)5-10-4-7;1-7(2)8-4-3-5-9-6-8/h4-10H,1-3H3;4-11H,1-3H3;2*4-8H,1-3H3;2*4-7H,1-3H3;2*3-6H,1-2H3;3-7H,1-2H3. The highest BCUT2D eigenvalue weighted by Crippen LogP contribution is 2.33. The zero-order chi connectivity index (χ0) is 77.4. The number of nitrogens with zero attached hydrogens (tertiary/aromatic N) is 7.